The van der Waals surface area contributed by atoms with Crippen molar-refractivity contribution in [1.82, 2.24) is 0 Å². The molecule has 2 nitrogen and oxygen atoms in total. The third-order valence-corrected chi connectivity index (χ3v) is 3.41. The highest BCUT2D eigenvalue weighted by Crippen LogP contribution is 2.34. The Bertz CT molecular complexity index is 439. The van der Waals surface area contributed by atoms with Crippen LogP contribution in [0.15, 0.2) is 18.2 Å². The third-order valence-electron chi connectivity index (χ3n) is 3.41. The van der Waals surface area contributed by atoms with E-state index in [2.05, 4.69) is 5.32 Å². The van der Waals surface area contributed by atoms with Crippen molar-refractivity contribution < 1.29 is 17.9 Å². The maximum atomic E-state index is 12.8. The van der Waals surface area contributed by atoms with Gasteiger partial charge in [-0.15, -0.1) is 0 Å². The zero-order chi connectivity index (χ0) is 14.0. The van der Waals surface area contributed by atoms with Crippen LogP contribution in [-0.2, 0) is 10.9 Å². The fourth-order valence-corrected chi connectivity index (χ4v) is 2.31. The molecule has 1 N–H and O–H groups in total. The second-order valence-electron chi connectivity index (χ2n) is 4.92. The molecule has 1 aromatic rings. The highest BCUT2D eigenvalue weighted by atomic mass is 19.4. The highest BCUT2D eigenvalue weighted by Gasteiger charge is 2.33. The first-order valence-electron chi connectivity index (χ1n) is 6.46. The topological polar surface area (TPSA) is 21.3 Å². The van der Waals surface area contributed by atoms with Crippen LogP contribution in [0.25, 0.3) is 0 Å². The van der Waals surface area contributed by atoms with Gasteiger partial charge in [0.2, 0.25) is 0 Å². The fraction of sp³-hybridized carbons (Fsp3) is 0.571. The lowest BCUT2D eigenvalue weighted by Gasteiger charge is -2.36. The summed E-state index contributed by atoms with van der Waals surface area (Å²) in [5, 5.41) is 3.13. The molecular formula is C14H18F3NO. The van der Waals surface area contributed by atoms with E-state index in [4.69, 9.17) is 4.74 Å². The van der Waals surface area contributed by atoms with Gasteiger partial charge in [0.05, 0.1) is 11.7 Å². The van der Waals surface area contributed by atoms with E-state index in [1.807, 2.05) is 6.92 Å². The molecule has 1 saturated carbocycles. The highest BCUT2D eigenvalue weighted by molar-refractivity contribution is 5.50. The Labute approximate surface area is 111 Å². The van der Waals surface area contributed by atoms with Gasteiger partial charge in [-0.3, -0.25) is 0 Å². The Balaban J connectivity index is 1.99. The molecule has 106 valence electrons. The number of benzene rings is 1. The van der Waals surface area contributed by atoms with Gasteiger partial charge in [-0.1, -0.05) is 6.07 Å². The Kier molecular flexibility index (Phi) is 4.04. The lowest BCUT2D eigenvalue weighted by molar-refractivity contribution is -0.138. The van der Waals surface area contributed by atoms with Gasteiger partial charge in [0.1, 0.15) is 0 Å². The van der Waals surface area contributed by atoms with E-state index < -0.39 is 11.7 Å². The summed E-state index contributed by atoms with van der Waals surface area (Å²) >= 11 is 0. The molecule has 0 spiro atoms. The molecule has 0 atom stereocenters. The molecule has 1 aliphatic carbocycles. The minimum absolute atomic E-state index is 0.209. The zero-order valence-corrected chi connectivity index (χ0v) is 11.1. The molecule has 0 bridgehead atoms. The molecule has 1 fully saturated rings. The summed E-state index contributed by atoms with van der Waals surface area (Å²) in [7, 11) is 0. The molecule has 2 rings (SSSR count). The van der Waals surface area contributed by atoms with Gasteiger partial charge in [-0.25, -0.2) is 0 Å². The first-order valence-corrected chi connectivity index (χ1v) is 6.46. The number of nitrogens with one attached hydrogen (secondary N) is 1. The number of rotatable bonds is 4. The van der Waals surface area contributed by atoms with Crippen LogP contribution in [0, 0.1) is 6.92 Å². The van der Waals surface area contributed by atoms with Gasteiger partial charge in [-0.2, -0.15) is 13.2 Å². The molecule has 5 heteroatoms. The smallest absolute Gasteiger partial charge is 0.382 e. The first kappa shape index (κ1) is 14.2. The van der Waals surface area contributed by atoms with Crippen molar-refractivity contribution >= 4 is 5.69 Å². The number of ether oxygens (including phenoxy) is 1. The number of halogens is 3. The summed E-state index contributed by atoms with van der Waals surface area (Å²) in [6.07, 6.45) is -2.35. The lowest BCUT2D eigenvalue weighted by atomic mass is 9.89. The lowest BCUT2D eigenvalue weighted by Crippen LogP contribution is -2.40. The maximum absolute atomic E-state index is 12.8. The van der Waals surface area contributed by atoms with Crippen molar-refractivity contribution in [2.24, 2.45) is 0 Å². The molecule has 0 aliphatic heterocycles. The molecule has 0 aromatic heterocycles. The molecule has 19 heavy (non-hydrogen) atoms. The van der Waals surface area contributed by atoms with Crippen molar-refractivity contribution in [1.29, 1.82) is 0 Å². The molecular weight excluding hydrogens is 255 g/mol. The molecule has 0 saturated heterocycles. The van der Waals surface area contributed by atoms with Crippen molar-refractivity contribution in [3.63, 3.8) is 0 Å². The van der Waals surface area contributed by atoms with E-state index in [1.165, 1.54) is 19.1 Å². The van der Waals surface area contributed by atoms with Gasteiger partial charge in [0, 0.05) is 18.3 Å². The second-order valence-corrected chi connectivity index (χ2v) is 4.92. The molecule has 0 amide bonds. The summed E-state index contributed by atoms with van der Waals surface area (Å²) in [6.45, 7) is 4.09. The molecule has 1 aliphatic rings. The predicted octanol–water partition coefficient (Wildman–Crippen LogP) is 3.99. The van der Waals surface area contributed by atoms with Gasteiger partial charge >= 0.3 is 6.18 Å². The standard InChI is InChI=1S/C14H18F3NO/c1-3-19-12-6-11(7-12)18-10-5-4-9(2)13(8-10)14(15,16)17/h4-5,8,11-12,18H,3,6-7H2,1-2H3. The summed E-state index contributed by atoms with van der Waals surface area (Å²) in [5.74, 6) is 0. The first-order chi connectivity index (χ1) is 8.90. The summed E-state index contributed by atoms with van der Waals surface area (Å²) < 4.78 is 43.8. The van der Waals surface area contributed by atoms with Crippen LogP contribution in [0.3, 0.4) is 0 Å². The van der Waals surface area contributed by atoms with E-state index in [0.29, 0.717) is 12.3 Å². The van der Waals surface area contributed by atoms with Crippen LogP contribution >= 0.6 is 0 Å². The summed E-state index contributed by atoms with van der Waals surface area (Å²) in [6, 6.07) is 4.59. The second kappa shape index (κ2) is 5.41. The van der Waals surface area contributed by atoms with E-state index in [0.717, 1.165) is 12.8 Å². The quantitative estimate of drug-likeness (QED) is 0.895. The SMILES string of the molecule is CCOC1CC(Nc2ccc(C)c(C(F)(F)F)c2)C1. The minimum Gasteiger partial charge on any atom is -0.382 e. The number of hydrogen-bond donors (Lipinski definition) is 1. The largest absolute Gasteiger partial charge is 0.416 e. The van der Waals surface area contributed by atoms with Crippen LogP contribution in [0.4, 0.5) is 18.9 Å². The van der Waals surface area contributed by atoms with Crippen LogP contribution in [0.1, 0.15) is 30.9 Å². The van der Waals surface area contributed by atoms with Crippen LogP contribution < -0.4 is 5.32 Å². The Morgan fingerprint density at radius 2 is 2.00 bits per heavy atom. The van der Waals surface area contributed by atoms with Gasteiger partial charge in [0.15, 0.2) is 0 Å². The molecule has 1 aromatic carbocycles. The number of hydrogen-bond acceptors (Lipinski definition) is 2. The minimum atomic E-state index is -4.30. The fourth-order valence-electron chi connectivity index (χ4n) is 2.31. The summed E-state index contributed by atoms with van der Waals surface area (Å²) in [5.41, 5.74) is 0.204. The van der Waals surface area contributed by atoms with Crippen molar-refractivity contribution in [2.45, 2.75) is 45.0 Å². The van der Waals surface area contributed by atoms with Crippen molar-refractivity contribution in [2.75, 3.05) is 11.9 Å². The molecule has 0 heterocycles. The average molecular weight is 273 g/mol. The van der Waals surface area contributed by atoms with E-state index >= 15 is 0 Å². The van der Waals surface area contributed by atoms with Crippen LogP contribution in [-0.4, -0.2) is 18.8 Å². The number of anilines is 1. The van der Waals surface area contributed by atoms with Crippen LogP contribution in [0.2, 0.25) is 0 Å². The Morgan fingerprint density at radius 1 is 1.32 bits per heavy atom. The van der Waals surface area contributed by atoms with Crippen molar-refractivity contribution in [3.8, 4) is 0 Å². The average Bonchev–Trinajstić information content (AvgIpc) is 2.27. The zero-order valence-electron chi connectivity index (χ0n) is 11.1. The monoisotopic (exact) mass is 273 g/mol. The Morgan fingerprint density at radius 3 is 2.58 bits per heavy atom. The van der Waals surface area contributed by atoms with E-state index in [9.17, 15) is 13.2 Å². The van der Waals surface area contributed by atoms with E-state index in [-0.39, 0.29) is 17.7 Å². The Hall–Kier alpha value is -1.23. The van der Waals surface area contributed by atoms with Crippen molar-refractivity contribution in [3.05, 3.63) is 29.3 Å². The van der Waals surface area contributed by atoms with E-state index in [1.54, 1.807) is 6.07 Å². The third kappa shape index (κ3) is 3.41. The maximum Gasteiger partial charge on any atom is 0.416 e. The van der Waals surface area contributed by atoms with Gasteiger partial charge < -0.3 is 10.1 Å². The molecule has 0 unspecified atom stereocenters. The predicted molar refractivity (Wildman–Crippen MR) is 68.2 cm³/mol. The normalized spacial score (nSPS) is 23.0. The number of aryl methyl sites for hydroxylation is 1. The summed E-state index contributed by atoms with van der Waals surface area (Å²) in [4.78, 5) is 0. The molecule has 0 radical (unpaired) electrons. The van der Waals surface area contributed by atoms with Gasteiger partial charge in [-0.05, 0) is 44.4 Å². The van der Waals surface area contributed by atoms with Crippen LogP contribution in [0.5, 0.6) is 0 Å². The number of alkyl halides is 3. The van der Waals surface area contributed by atoms with Gasteiger partial charge in [0.25, 0.3) is 0 Å².